The summed E-state index contributed by atoms with van der Waals surface area (Å²) in [5.74, 6) is -0.186. The van der Waals surface area contributed by atoms with E-state index in [4.69, 9.17) is 10.5 Å². The van der Waals surface area contributed by atoms with Gasteiger partial charge >= 0.3 is 5.97 Å². The van der Waals surface area contributed by atoms with Gasteiger partial charge in [-0.3, -0.25) is 0 Å². The molecule has 0 saturated heterocycles. The van der Waals surface area contributed by atoms with E-state index < -0.39 is 5.97 Å². The van der Waals surface area contributed by atoms with Crippen LogP contribution >= 0.6 is 0 Å². The van der Waals surface area contributed by atoms with Gasteiger partial charge in [-0.25, -0.2) is 14.8 Å². The molecule has 0 aliphatic carbocycles. The molecule has 0 fully saturated rings. The standard InChI is InChI=1S/C17H16N4O3/c1-9-7-10(24-2)3-4-11(9)15-12(16(22)23)8-14(20-15)13-5-6-19-17(18)21-13/h3-8,20H,1-2H3,(H,22,23)(H2,18,19,21). The van der Waals surface area contributed by atoms with Gasteiger partial charge in [0, 0.05) is 11.8 Å². The zero-order valence-electron chi connectivity index (χ0n) is 13.2. The molecule has 2 aromatic heterocycles. The van der Waals surface area contributed by atoms with Gasteiger partial charge < -0.3 is 20.6 Å². The van der Waals surface area contributed by atoms with Gasteiger partial charge in [0.05, 0.1) is 29.8 Å². The molecule has 7 heteroatoms. The molecule has 0 aliphatic rings. The highest BCUT2D eigenvalue weighted by molar-refractivity contribution is 5.97. The minimum absolute atomic E-state index is 0.126. The lowest BCUT2D eigenvalue weighted by Crippen LogP contribution is -1.98. The topological polar surface area (TPSA) is 114 Å². The normalized spacial score (nSPS) is 10.6. The Labute approximate surface area is 138 Å². The van der Waals surface area contributed by atoms with Gasteiger partial charge in [0.15, 0.2) is 0 Å². The first-order chi connectivity index (χ1) is 11.5. The van der Waals surface area contributed by atoms with Gasteiger partial charge in [-0.1, -0.05) is 0 Å². The lowest BCUT2D eigenvalue weighted by molar-refractivity contribution is 0.0698. The monoisotopic (exact) mass is 324 g/mol. The summed E-state index contributed by atoms with van der Waals surface area (Å²) in [4.78, 5) is 22.7. The molecule has 0 unspecified atom stereocenters. The Hall–Kier alpha value is -3.35. The molecule has 0 bridgehead atoms. The van der Waals surface area contributed by atoms with Gasteiger partial charge in [0.2, 0.25) is 5.95 Å². The van der Waals surface area contributed by atoms with Crippen molar-refractivity contribution in [2.75, 3.05) is 12.8 Å². The molecular formula is C17H16N4O3. The van der Waals surface area contributed by atoms with Crippen LogP contribution in [-0.2, 0) is 0 Å². The van der Waals surface area contributed by atoms with Crippen molar-refractivity contribution in [2.45, 2.75) is 6.92 Å². The number of ether oxygens (including phenoxy) is 1. The fourth-order valence-corrected chi connectivity index (χ4v) is 2.54. The fourth-order valence-electron chi connectivity index (χ4n) is 2.54. The number of methoxy groups -OCH3 is 1. The fraction of sp³-hybridized carbons (Fsp3) is 0.118. The first kappa shape index (κ1) is 15.5. The molecule has 0 atom stereocenters. The minimum Gasteiger partial charge on any atom is -0.497 e. The van der Waals surface area contributed by atoms with E-state index in [0.717, 1.165) is 11.1 Å². The van der Waals surface area contributed by atoms with E-state index in [1.807, 2.05) is 19.1 Å². The zero-order chi connectivity index (χ0) is 17.3. The molecule has 122 valence electrons. The number of aryl methyl sites for hydroxylation is 1. The Morgan fingerprint density at radius 2 is 2.08 bits per heavy atom. The number of anilines is 1. The predicted molar refractivity (Wildman–Crippen MR) is 89.9 cm³/mol. The van der Waals surface area contributed by atoms with Crippen LogP contribution < -0.4 is 10.5 Å². The summed E-state index contributed by atoms with van der Waals surface area (Å²) in [6, 6.07) is 8.67. The SMILES string of the molecule is COc1ccc(-c2[nH]c(-c3ccnc(N)n3)cc2C(=O)O)c(C)c1. The summed E-state index contributed by atoms with van der Waals surface area (Å²) in [6.45, 7) is 1.90. The van der Waals surface area contributed by atoms with Crippen LogP contribution in [0.2, 0.25) is 0 Å². The van der Waals surface area contributed by atoms with E-state index in [1.54, 1.807) is 25.3 Å². The highest BCUT2D eigenvalue weighted by atomic mass is 16.5. The third kappa shape index (κ3) is 2.79. The summed E-state index contributed by atoms with van der Waals surface area (Å²) < 4.78 is 5.19. The van der Waals surface area contributed by atoms with Crippen molar-refractivity contribution < 1.29 is 14.6 Å². The van der Waals surface area contributed by atoms with E-state index in [0.29, 0.717) is 22.8 Å². The van der Waals surface area contributed by atoms with E-state index >= 15 is 0 Å². The second kappa shape index (κ2) is 6.04. The largest absolute Gasteiger partial charge is 0.497 e. The Morgan fingerprint density at radius 3 is 2.71 bits per heavy atom. The maximum absolute atomic E-state index is 11.6. The summed E-state index contributed by atoms with van der Waals surface area (Å²) in [6.07, 6.45) is 1.53. The second-order valence-electron chi connectivity index (χ2n) is 5.26. The van der Waals surface area contributed by atoms with E-state index in [2.05, 4.69) is 15.0 Å². The summed E-state index contributed by atoms with van der Waals surface area (Å²) >= 11 is 0. The third-order valence-electron chi connectivity index (χ3n) is 3.70. The molecule has 0 aliphatic heterocycles. The van der Waals surface area contributed by atoms with Crippen molar-refractivity contribution in [3.8, 4) is 28.4 Å². The van der Waals surface area contributed by atoms with Gasteiger partial charge in [-0.15, -0.1) is 0 Å². The van der Waals surface area contributed by atoms with Crippen molar-refractivity contribution in [2.24, 2.45) is 0 Å². The van der Waals surface area contributed by atoms with E-state index in [-0.39, 0.29) is 11.5 Å². The number of carboxylic acid groups (broad SMARTS) is 1. The van der Waals surface area contributed by atoms with Gasteiger partial charge in [0.25, 0.3) is 0 Å². The number of carboxylic acids is 1. The molecule has 0 amide bonds. The van der Waals surface area contributed by atoms with E-state index in [9.17, 15) is 9.90 Å². The number of rotatable bonds is 4. The predicted octanol–water partition coefficient (Wildman–Crippen LogP) is 2.74. The molecule has 4 N–H and O–H groups in total. The number of carbonyl (C=O) groups is 1. The lowest BCUT2D eigenvalue weighted by Gasteiger charge is -2.08. The van der Waals surface area contributed by atoms with Crippen molar-refractivity contribution in [1.29, 1.82) is 0 Å². The minimum atomic E-state index is -1.02. The number of nitrogens with zero attached hydrogens (tertiary/aromatic N) is 2. The van der Waals surface area contributed by atoms with Gasteiger partial charge in [-0.05, 0) is 42.8 Å². The molecular weight excluding hydrogens is 308 g/mol. The first-order valence-electron chi connectivity index (χ1n) is 7.20. The maximum atomic E-state index is 11.6. The number of aromatic nitrogens is 3. The second-order valence-corrected chi connectivity index (χ2v) is 5.26. The highest BCUT2D eigenvalue weighted by Crippen LogP contribution is 2.32. The number of nitrogens with one attached hydrogen (secondary N) is 1. The van der Waals surface area contributed by atoms with Crippen LogP contribution in [0.4, 0.5) is 5.95 Å². The number of H-pyrrole nitrogens is 1. The van der Waals surface area contributed by atoms with Gasteiger partial charge in [-0.2, -0.15) is 0 Å². The zero-order valence-corrected chi connectivity index (χ0v) is 13.2. The van der Waals surface area contributed by atoms with Crippen LogP contribution in [0.1, 0.15) is 15.9 Å². The number of aromatic amines is 1. The van der Waals surface area contributed by atoms with E-state index in [1.165, 1.54) is 6.20 Å². The Morgan fingerprint density at radius 1 is 1.29 bits per heavy atom. The maximum Gasteiger partial charge on any atom is 0.337 e. The molecule has 0 radical (unpaired) electrons. The lowest BCUT2D eigenvalue weighted by atomic mass is 10.0. The van der Waals surface area contributed by atoms with Crippen LogP contribution in [-0.4, -0.2) is 33.1 Å². The number of benzene rings is 1. The summed E-state index contributed by atoms with van der Waals surface area (Å²) in [5, 5.41) is 9.53. The number of nitrogen functional groups attached to an aromatic ring is 1. The number of nitrogens with two attached hydrogens (primary N) is 1. The van der Waals surface area contributed by atoms with Crippen LogP contribution in [0.3, 0.4) is 0 Å². The summed E-state index contributed by atoms with van der Waals surface area (Å²) in [7, 11) is 1.59. The average molecular weight is 324 g/mol. The Kier molecular flexibility index (Phi) is 3.91. The summed E-state index contributed by atoms with van der Waals surface area (Å²) in [5.41, 5.74) is 9.04. The Balaban J connectivity index is 2.16. The van der Waals surface area contributed by atoms with Gasteiger partial charge in [0.1, 0.15) is 5.75 Å². The molecule has 2 heterocycles. The third-order valence-corrected chi connectivity index (χ3v) is 3.70. The molecule has 3 rings (SSSR count). The molecule has 1 aromatic carbocycles. The van der Waals surface area contributed by atoms with Crippen LogP contribution in [0.15, 0.2) is 36.5 Å². The quantitative estimate of drug-likeness (QED) is 0.680. The number of hydrogen-bond acceptors (Lipinski definition) is 5. The molecule has 24 heavy (non-hydrogen) atoms. The average Bonchev–Trinajstić information content (AvgIpc) is 3.00. The van der Waals surface area contributed by atoms with Crippen molar-refractivity contribution in [3.63, 3.8) is 0 Å². The molecule has 7 nitrogen and oxygen atoms in total. The van der Waals surface area contributed by atoms with Crippen molar-refractivity contribution in [3.05, 3.63) is 47.7 Å². The molecule has 3 aromatic rings. The Bertz CT molecular complexity index is 918. The van der Waals surface area contributed by atoms with Crippen molar-refractivity contribution in [1.82, 2.24) is 15.0 Å². The first-order valence-corrected chi connectivity index (χ1v) is 7.20. The van der Waals surface area contributed by atoms with Crippen LogP contribution in [0, 0.1) is 6.92 Å². The molecule has 0 spiro atoms. The molecule has 0 saturated carbocycles. The number of hydrogen-bond donors (Lipinski definition) is 3. The smallest absolute Gasteiger partial charge is 0.337 e. The van der Waals surface area contributed by atoms with Crippen molar-refractivity contribution >= 4 is 11.9 Å². The highest BCUT2D eigenvalue weighted by Gasteiger charge is 2.19. The number of aromatic carboxylic acids is 1. The van der Waals surface area contributed by atoms with Crippen LogP contribution in [0.5, 0.6) is 5.75 Å². The van der Waals surface area contributed by atoms with Crippen LogP contribution in [0.25, 0.3) is 22.6 Å².